The summed E-state index contributed by atoms with van der Waals surface area (Å²) in [6, 6.07) is 22.8. The van der Waals surface area contributed by atoms with Crippen molar-refractivity contribution in [3.8, 4) is 11.1 Å². The van der Waals surface area contributed by atoms with Crippen molar-refractivity contribution in [3.63, 3.8) is 0 Å². The van der Waals surface area contributed by atoms with E-state index in [1.165, 1.54) is 16.3 Å². The van der Waals surface area contributed by atoms with Gasteiger partial charge in [-0.1, -0.05) is 54.6 Å². The van der Waals surface area contributed by atoms with Crippen molar-refractivity contribution in [3.05, 3.63) is 66.7 Å². The third kappa shape index (κ3) is 4.71. The monoisotopic (exact) mass is 369 g/mol. The molecule has 3 aromatic rings. The fourth-order valence-corrected chi connectivity index (χ4v) is 2.12. The minimum atomic E-state index is -5.84. The number of para-hydroxylation sites is 1. The molecule has 0 heterocycles. The summed E-state index contributed by atoms with van der Waals surface area (Å²) in [6.45, 7) is 0. The fourth-order valence-electron chi connectivity index (χ4n) is 2.12. The van der Waals surface area contributed by atoms with E-state index in [-0.39, 0.29) is 0 Å². The van der Waals surface area contributed by atoms with Gasteiger partial charge in [-0.3, -0.25) is 4.55 Å². The number of alkyl halides is 3. The van der Waals surface area contributed by atoms with Crippen molar-refractivity contribution in [2.24, 2.45) is 0 Å². The van der Waals surface area contributed by atoms with Crippen molar-refractivity contribution >= 4 is 26.6 Å². The van der Waals surface area contributed by atoms with Gasteiger partial charge in [0.25, 0.3) is 0 Å². The van der Waals surface area contributed by atoms with E-state index in [2.05, 4.69) is 48.5 Å². The van der Waals surface area contributed by atoms with Gasteiger partial charge in [0.15, 0.2) is 0 Å². The Kier molecular flexibility index (Phi) is 5.34. The highest BCUT2D eigenvalue weighted by Crippen LogP contribution is 2.28. The molecule has 0 fully saturated rings. The van der Waals surface area contributed by atoms with Crippen LogP contribution in [0.15, 0.2) is 66.7 Å². The first-order valence-electron chi connectivity index (χ1n) is 6.97. The van der Waals surface area contributed by atoms with E-state index >= 15 is 0 Å². The zero-order valence-corrected chi connectivity index (χ0v) is 13.6. The predicted molar refractivity (Wildman–Crippen MR) is 91.4 cm³/mol. The zero-order chi connectivity index (χ0) is 18.7. The number of fused-ring (bicyclic) bond motifs is 1. The van der Waals surface area contributed by atoms with Gasteiger partial charge in [0, 0.05) is 11.3 Å². The predicted octanol–water partition coefficient (Wildman–Crippen LogP) is 4.48. The highest BCUT2D eigenvalue weighted by molar-refractivity contribution is 7.86. The van der Waals surface area contributed by atoms with Gasteiger partial charge in [-0.2, -0.15) is 21.6 Å². The van der Waals surface area contributed by atoms with Gasteiger partial charge in [-0.25, -0.2) is 0 Å². The molecule has 0 aromatic heterocycles. The van der Waals surface area contributed by atoms with Crippen LogP contribution in [0.1, 0.15) is 0 Å². The Labute approximate surface area is 142 Å². The quantitative estimate of drug-likeness (QED) is 0.376. The summed E-state index contributed by atoms with van der Waals surface area (Å²) < 4.78 is 57.5. The molecule has 0 aliphatic heterocycles. The van der Waals surface area contributed by atoms with Gasteiger partial charge in [-0.15, -0.1) is 0 Å². The fraction of sp³-hybridized carbons (Fsp3) is 0.0588. The van der Waals surface area contributed by atoms with Crippen molar-refractivity contribution in [2.75, 3.05) is 5.73 Å². The van der Waals surface area contributed by atoms with Gasteiger partial charge in [0.1, 0.15) is 0 Å². The molecule has 0 radical (unpaired) electrons. The average Bonchev–Trinajstić information content (AvgIpc) is 2.53. The molecule has 0 aliphatic carbocycles. The number of benzene rings is 3. The number of halogens is 3. The summed E-state index contributed by atoms with van der Waals surface area (Å²) in [5, 5.41) is 2.50. The minimum absolute atomic E-state index is 0.822. The smallest absolute Gasteiger partial charge is 0.398 e. The van der Waals surface area contributed by atoms with Crippen molar-refractivity contribution in [2.45, 2.75) is 5.51 Å². The standard InChI is InChI=1S/C16H13N.CHF3O3S/c17-16-8-4-3-7-15(16)14-10-9-12-5-1-2-6-13(12)11-14;2-1(3,4)8(5,6)7/h1-11H,17H2;(H,5,6,7). The molecule has 0 bridgehead atoms. The Balaban J connectivity index is 0.000000242. The molecule has 3 aromatic carbocycles. The highest BCUT2D eigenvalue weighted by Gasteiger charge is 2.44. The lowest BCUT2D eigenvalue weighted by atomic mass is 10.0. The van der Waals surface area contributed by atoms with Gasteiger partial charge >= 0.3 is 15.6 Å². The zero-order valence-electron chi connectivity index (χ0n) is 12.7. The van der Waals surface area contributed by atoms with Crippen LogP contribution in [-0.2, 0) is 10.1 Å². The molecular formula is C17H14F3NO3S. The molecular weight excluding hydrogens is 355 g/mol. The average molecular weight is 369 g/mol. The summed E-state index contributed by atoms with van der Waals surface area (Å²) >= 11 is 0. The summed E-state index contributed by atoms with van der Waals surface area (Å²) in [6.07, 6.45) is 0. The molecule has 0 amide bonds. The first-order valence-corrected chi connectivity index (χ1v) is 8.41. The van der Waals surface area contributed by atoms with Crippen molar-refractivity contribution < 1.29 is 26.1 Å². The Morgan fingerprint density at radius 1 is 0.840 bits per heavy atom. The normalized spacial score (nSPS) is 11.7. The second-order valence-corrected chi connectivity index (χ2v) is 6.48. The summed E-state index contributed by atoms with van der Waals surface area (Å²) in [7, 11) is -5.84. The molecule has 0 saturated heterocycles. The maximum atomic E-state index is 10.7. The van der Waals surface area contributed by atoms with Crippen LogP contribution in [0.25, 0.3) is 21.9 Å². The third-order valence-electron chi connectivity index (χ3n) is 3.31. The summed E-state index contributed by atoms with van der Waals surface area (Å²) in [5.41, 5.74) is 3.55. The number of rotatable bonds is 1. The molecule has 8 heteroatoms. The van der Waals surface area contributed by atoms with E-state index in [9.17, 15) is 13.2 Å². The molecule has 0 unspecified atom stereocenters. The topological polar surface area (TPSA) is 80.4 Å². The Bertz CT molecular complexity index is 986. The molecule has 25 heavy (non-hydrogen) atoms. The molecule has 4 nitrogen and oxygen atoms in total. The molecule has 3 N–H and O–H groups in total. The lowest BCUT2D eigenvalue weighted by molar-refractivity contribution is -0.0510. The van der Waals surface area contributed by atoms with Crippen LogP contribution >= 0.6 is 0 Å². The lowest BCUT2D eigenvalue weighted by Crippen LogP contribution is -2.21. The van der Waals surface area contributed by atoms with Gasteiger partial charge in [0.2, 0.25) is 0 Å². The SMILES string of the molecule is Nc1ccccc1-c1ccc2ccccc2c1.O=S(=O)(O)C(F)(F)F. The van der Waals surface area contributed by atoms with E-state index in [4.69, 9.17) is 18.7 Å². The number of anilines is 1. The number of hydrogen-bond donors (Lipinski definition) is 2. The Morgan fingerprint density at radius 2 is 1.36 bits per heavy atom. The Hall–Kier alpha value is -2.58. The second kappa shape index (κ2) is 7.12. The third-order valence-corrected chi connectivity index (χ3v) is 3.90. The van der Waals surface area contributed by atoms with E-state index < -0.39 is 15.6 Å². The molecule has 0 spiro atoms. The largest absolute Gasteiger partial charge is 0.522 e. The highest BCUT2D eigenvalue weighted by atomic mass is 32.2. The lowest BCUT2D eigenvalue weighted by Gasteiger charge is -2.06. The maximum absolute atomic E-state index is 10.7. The number of nitrogens with two attached hydrogens (primary N) is 1. The van der Waals surface area contributed by atoms with Crippen LogP contribution in [-0.4, -0.2) is 18.5 Å². The van der Waals surface area contributed by atoms with Crippen LogP contribution in [0.2, 0.25) is 0 Å². The number of hydrogen-bond acceptors (Lipinski definition) is 3. The van der Waals surface area contributed by atoms with E-state index in [0.29, 0.717) is 0 Å². The summed E-state index contributed by atoms with van der Waals surface area (Å²) in [5.74, 6) is 0. The first-order chi connectivity index (χ1) is 11.6. The van der Waals surface area contributed by atoms with Crippen molar-refractivity contribution in [1.82, 2.24) is 0 Å². The molecule has 0 saturated carbocycles. The first kappa shape index (κ1) is 18.8. The number of nitrogen functional groups attached to an aromatic ring is 1. The van der Waals surface area contributed by atoms with E-state index in [1.54, 1.807) is 0 Å². The Morgan fingerprint density at radius 3 is 1.92 bits per heavy atom. The van der Waals surface area contributed by atoms with Crippen LogP contribution in [0, 0.1) is 0 Å². The van der Waals surface area contributed by atoms with Gasteiger partial charge in [0.05, 0.1) is 0 Å². The second-order valence-electron chi connectivity index (χ2n) is 5.07. The molecule has 132 valence electrons. The van der Waals surface area contributed by atoms with Crippen molar-refractivity contribution in [1.29, 1.82) is 0 Å². The molecule has 0 atom stereocenters. The van der Waals surface area contributed by atoms with Crippen LogP contribution in [0.3, 0.4) is 0 Å². The van der Waals surface area contributed by atoms with Crippen LogP contribution in [0.4, 0.5) is 18.9 Å². The van der Waals surface area contributed by atoms with Gasteiger partial charge < -0.3 is 5.73 Å². The molecule has 0 aliphatic rings. The van der Waals surface area contributed by atoms with Crippen LogP contribution < -0.4 is 5.73 Å². The summed E-state index contributed by atoms with van der Waals surface area (Å²) in [4.78, 5) is 0. The van der Waals surface area contributed by atoms with Gasteiger partial charge in [-0.05, 0) is 28.5 Å². The maximum Gasteiger partial charge on any atom is 0.522 e. The van der Waals surface area contributed by atoms with E-state index in [1.807, 2.05) is 18.2 Å². The van der Waals surface area contributed by atoms with E-state index in [0.717, 1.165) is 11.3 Å². The van der Waals surface area contributed by atoms with Crippen LogP contribution in [0.5, 0.6) is 0 Å². The minimum Gasteiger partial charge on any atom is -0.398 e. The molecule has 3 rings (SSSR count).